The maximum absolute atomic E-state index is 12.3. The fourth-order valence-electron chi connectivity index (χ4n) is 2.94. The van der Waals surface area contributed by atoms with E-state index in [1.54, 1.807) is 6.07 Å². The molecule has 2 atom stereocenters. The van der Waals surface area contributed by atoms with Crippen LogP contribution >= 0.6 is 0 Å². The highest BCUT2D eigenvalue weighted by Gasteiger charge is 2.30. The SMILES string of the molecule is O=C(N[C@@H]1CC[C@H](C(=O)O)C1)c1ccc2ccccc2c1. The number of aliphatic carboxylic acids is 1. The number of carbonyl (C=O) groups is 2. The second-order valence-electron chi connectivity index (χ2n) is 5.58. The van der Waals surface area contributed by atoms with Gasteiger partial charge in [-0.2, -0.15) is 0 Å². The summed E-state index contributed by atoms with van der Waals surface area (Å²) in [6.07, 6.45) is 1.89. The molecular weight excluding hydrogens is 266 g/mol. The van der Waals surface area contributed by atoms with E-state index >= 15 is 0 Å². The van der Waals surface area contributed by atoms with Crippen molar-refractivity contribution >= 4 is 22.6 Å². The van der Waals surface area contributed by atoms with Crippen LogP contribution in [0.5, 0.6) is 0 Å². The van der Waals surface area contributed by atoms with Crippen LogP contribution in [-0.2, 0) is 4.79 Å². The normalized spacial score (nSPS) is 21.3. The number of fused-ring (bicyclic) bond motifs is 1. The van der Waals surface area contributed by atoms with Gasteiger partial charge in [0.05, 0.1) is 5.92 Å². The van der Waals surface area contributed by atoms with Gasteiger partial charge in [-0.1, -0.05) is 30.3 Å². The van der Waals surface area contributed by atoms with Gasteiger partial charge in [0, 0.05) is 11.6 Å². The van der Waals surface area contributed by atoms with Gasteiger partial charge in [-0.05, 0) is 42.2 Å². The fourth-order valence-corrected chi connectivity index (χ4v) is 2.94. The van der Waals surface area contributed by atoms with Crippen LogP contribution in [0.4, 0.5) is 0 Å². The molecule has 0 saturated heterocycles. The summed E-state index contributed by atoms with van der Waals surface area (Å²) >= 11 is 0. The molecule has 2 N–H and O–H groups in total. The largest absolute Gasteiger partial charge is 0.481 e. The lowest BCUT2D eigenvalue weighted by Crippen LogP contribution is -2.33. The molecule has 1 amide bonds. The highest BCUT2D eigenvalue weighted by Crippen LogP contribution is 2.26. The lowest BCUT2D eigenvalue weighted by Gasteiger charge is -2.12. The molecule has 1 saturated carbocycles. The predicted octanol–water partition coefficient (Wildman–Crippen LogP) is 2.82. The zero-order chi connectivity index (χ0) is 14.8. The van der Waals surface area contributed by atoms with Gasteiger partial charge in [0.15, 0.2) is 0 Å². The minimum absolute atomic E-state index is 0.0370. The molecule has 1 aliphatic rings. The van der Waals surface area contributed by atoms with Gasteiger partial charge in [0.1, 0.15) is 0 Å². The molecule has 0 unspecified atom stereocenters. The Balaban J connectivity index is 1.71. The molecule has 21 heavy (non-hydrogen) atoms. The standard InChI is InChI=1S/C17H17NO3/c19-16(18-15-8-7-14(10-15)17(20)21)13-6-5-11-3-1-2-4-12(11)9-13/h1-6,9,14-15H,7-8,10H2,(H,18,19)(H,20,21)/t14-,15+/m0/s1. The van der Waals surface area contributed by atoms with E-state index in [2.05, 4.69) is 5.32 Å². The van der Waals surface area contributed by atoms with Gasteiger partial charge in [0.2, 0.25) is 0 Å². The summed E-state index contributed by atoms with van der Waals surface area (Å²) in [5, 5.41) is 14.1. The van der Waals surface area contributed by atoms with Gasteiger partial charge >= 0.3 is 5.97 Å². The molecule has 0 bridgehead atoms. The third-order valence-corrected chi connectivity index (χ3v) is 4.13. The lowest BCUT2D eigenvalue weighted by atomic mass is 10.1. The molecule has 1 aliphatic carbocycles. The zero-order valence-electron chi connectivity index (χ0n) is 11.6. The van der Waals surface area contributed by atoms with Crippen molar-refractivity contribution in [3.63, 3.8) is 0 Å². The molecule has 0 radical (unpaired) electrons. The van der Waals surface area contributed by atoms with Crippen molar-refractivity contribution in [2.75, 3.05) is 0 Å². The van der Waals surface area contributed by atoms with E-state index in [0.717, 1.165) is 17.2 Å². The Labute approximate surface area is 122 Å². The fraction of sp³-hybridized carbons (Fsp3) is 0.294. The van der Waals surface area contributed by atoms with Gasteiger partial charge in [-0.15, -0.1) is 0 Å². The van der Waals surface area contributed by atoms with E-state index in [-0.39, 0.29) is 17.9 Å². The van der Waals surface area contributed by atoms with Gasteiger partial charge in [0.25, 0.3) is 5.91 Å². The molecule has 2 aromatic rings. The minimum atomic E-state index is -0.766. The summed E-state index contributed by atoms with van der Waals surface area (Å²) in [5.74, 6) is -1.22. The van der Waals surface area contributed by atoms with E-state index in [1.807, 2.05) is 36.4 Å². The first-order valence-corrected chi connectivity index (χ1v) is 7.16. The van der Waals surface area contributed by atoms with E-state index < -0.39 is 5.97 Å². The van der Waals surface area contributed by atoms with Crippen LogP contribution in [0.25, 0.3) is 10.8 Å². The smallest absolute Gasteiger partial charge is 0.306 e. The van der Waals surface area contributed by atoms with Crippen molar-refractivity contribution < 1.29 is 14.7 Å². The zero-order valence-corrected chi connectivity index (χ0v) is 11.6. The number of benzene rings is 2. The lowest BCUT2D eigenvalue weighted by molar-refractivity contribution is -0.141. The third-order valence-electron chi connectivity index (χ3n) is 4.13. The highest BCUT2D eigenvalue weighted by molar-refractivity contribution is 5.98. The highest BCUT2D eigenvalue weighted by atomic mass is 16.4. The van der Waals surface area contributed by atoms with Gasteiger partial charge in [-0.25, -0.2) is 0 Å². The monoisotopic (exact) mass is 283 g/mol. The minimum Gasteiger partial charge on any atom is -0.481 e. The van der Waals surface area contributed by atoms with Crippen molar-refractivity contribution in [2.24, 2.45) is 5.92 Å². The van der Waals surface area contributed by atoms with Crippen molar-refractivity contribution in [3.8, 4) is 0 Å². The molecule has 1 fully saturated rings. The average molecular weight is 283 g/mol. The first-order valence-electron chi connectivity index (χ1n) is 7.16. The van der Waals surface area contributed by atoms with Crippen LogP contribution < -0.4 is 5.32 Å². The van der Waals surface area contributed by atoms with E-state index in [4.69, 9.17) is 5.11 Å². The van der Waals surface area contributed by atoms with Crippen LogP contribution in [-0.4, -0.2) is 23.0 Å². The Bertz CT molecular complexity index is 695. The summed E-state index contributed by atoms with van der Waals surface area (Å²) in [5.41, 5.74) is 0.618. The molecular formula is C17H17NO3. The molecule has 4 heteroatoms. The quantitative estimate of drug-likeness (QED) is 0.910. The number of carboxylic acid groups (broad SMARTS) is 1. The molecule has 0 aliphatic heterocycles. The molecule has 4 nitrogen and oxygen atoms in total. The second kappa shape index (κ2) is 5.56. The summed E-state index contributed by atoms with van der Waals surface area (Å²) in [7, 11) is 0. The maximum Gasteiger partial charge on any atom is 0.306 e. The number of nitrogens with one attached hydrogen (secondary N) is 1. The first kappa shape index (κ1) is 13.6. The molecule has 0 aromatic heterocycles. The summed E-state index contributed by atoms with van der Waals surface area (Å²) in [6, 6.07) is 13.5. The molecule has 3 rings (SSSR count). The summed E-state index contributed by atoms with van der Waals surface area (Å²) < 4.78 is 0. The summed E-state index contributed by atoms with van der Waals surface area (Å²) in [6.45, 7) is 0. The first-order chi connectivity index (χ1) is 10.1. The maximum atomic E-state index is 12.3. The average Bonchev–Trinajstić information content (AvgIpc) is 2.95. The van der Waals surface area contributed by atoms with Crippen molar-refractivity contribution in [1.29, 1.82) is 0 Å². The molecule has 108 valence electrons. The molecule has 0 heterocycles. The van der Waals surface area contributed by atoms with Crippen LogP contribution in [0, 0.1) is 5.92 Å². The molecule has 2 aromatic carbocycles. The Morgan fingerprint density at radius 2 is 1.81 bits per heavy atom. The van der Waals surface area contributed by atoms with Crippen molar-refractivity contribution in [3.05, 3.63) is 48.0 Å². The second-order valence-corrected chi connectivity index (χ2v) is 5.58. The number of carboxylic acids is 1. The van der Waals surface area contributed by atoms with Crippen LogP contribution in [0.15, 0.2) is 42.5 Å². The summed E-state index contributed by atoms with van der Waals surface area (Å²) in [4.78, 5) is 23.2. The number of hydrogen-bond acceptors (Lipinski definition) is 2. The van der Waals surface area contributed by atoms with E-state index in [1.165, 1.54) is 0 Å². The topological polar surface area (TPSA) is 66.4 Å². The van der Waals surface area contributed by atoms with E-state index in [9.17, 15) is 9.59 Å². The number of amides is 1. The van der Waals surface area contributed by atoms with Crippen LogP contribution in [0.3, 0.4) is 0 Å². The third kappa shape index (κ3) is 2.89. The van der Waals surface area contributed by atoms with Crippen LogP contribution in [0.1, 0.15) is 29.6 Å². The Morgan fingerprint density at radius 3 is 2.52 bits per heavy atom. The number of carbonyl (C=O) groups excluding carboxylic acids is 1. The van der Waals surface area contributed by atoms with Crippen molar-refractivity contribution in [1.82, 2.24) is 5.32 Å². The van der Waals surface area contributed by atoms with Gasteiger partial charge < -0.3 is 10.4 Å². The number of hydrogen-bond donors (Lipinski definition) is 2. The van der Waals surface area contributed by atoms with Gasteiger partial charge in [-0.3, -0.25) is 9.59 Å². The predicted molar refractivity (Wildman–Crippen MR) is 80.2 cm³/mol. The van der Waals surface area contributed by atoms with Crippen LogP contribution in [0.2, 0.25) is 0 Å². The molecule has 0 spiro atoms. The Hall–Kier alpha value is -2.36. The Morgan fingerprint density at radius 1 is 1.05 bits per heavy atom. The Kier molecular flexibility index (Phi) is 3.60. The van der Waals surface area contributed by atoms with Crippen molar-refractivity contribution in [2.45, 2.75) is 25.3 Å². The van der Waals surface area contributed by atoms with E-state index in [0.29, 0.717) is 18.4 Å². The number of rotatable bonds is 3.